The Kier molecular flexibility index (Phi) is 6.09. The van der Waals surface area contributed by atoms with Crippen molar-refractivity contribution in [1.82, 2.24) is 15.1 Å². The molecule has 0 unspecified atom stereocenters. The number of likely N-dealkylation sites (tertiary alicyclic amines) is 1. The van der Waals surface area contributed by atoms with E-state index in [-0.39, 0.29) is 11.2 Å². The van der Waals surface area contributed by atoms with Gasteiger partial charge in [-0.25, -0.2) is 0 Å². The third-order valence-electron chi connectivity index (χ3n) is 3.97. The van der Waals surface area contributed by atoms with Crippen LogP contribution in [0.15, 0.2) is 34.7 Å². The molecule has 1 aliphatic heterocycles. The average molecular weight is 363 g/mol. The second-order valence-corrected chi connectivity index (χ2v) is 8.43. The van der Waals surface area contributed by atoms with E-state index >= 15 is 0 Å². The minimum atomic E-state index is -0.124. The molecule has 24 heavy (non-hydrogen) atoms. The monoisotopic (exact) mass is 362 g/mol. The molecule has 128 valence electrons. The molecule has 1 aliphatic rings. The largest absolute Gasteiger partial charge is 0.342 e. The number of nitrogens with zero attached hydrogens (tertiary/aromatic N) is 3. The lowest BCUT2D eigenvalue weighted by molar-refractivity contribution is -0.130. The highest BCUT2D eigenvalue weighted by molar-refractivity contribution is 8.02. The SMILES string of the molecule is C[C@@H](Sc1nnc(Nc2ccccc2)s1)C(=O)N1CCCCCC1. The van der Waals surface area contributed by atoms with Gasteiger partial charge in [0.25, 0.3) is 0 Å². The fourth-order valence-corrected chi connectivity index (χ4v) is 4.70. The summed E-state index contributed by atoms with van der Waals surface area (Å²) in [6.45, 7) is 3.74. The van der Waals surface area contributed by atoms with Crippen LogP contribution in [0.5, 0.6) is 0 Å². The third kappa shape index (κ3) is 4.70. The van der Waals surface area contributed by atoms with Gasteiger partial charge in [0.2, 0.25) is 11.0 Å². The molecule has 1 aromatic carbocycles. The first-order valence-electron chi connectivity index (χ1n) is 8.33. The lowest BCUT2D eigenvalue weighted by Crippen LogP contribution is -2.37. The molecule has 0 saturated carbocycles. The van der Waals surface area contributed by atoms with Gasteiger partial charge in [-0.1, -0.05) is 54.1 Å². The van der Waals surface area contributed by atoms with E-state index < -0.39 is 0 Å². The minimum absolute atomic E-state index is 0.124. The molecule has 5 nitrogen and oxygen atoms in total. The molecule has 2 aromatic rings. The zero-order chi connectivity index (χ0) is 16.8. The summed E-state index contributed by atoms with van der Waals surface area (Å²) in [6, 6.07) is 9.89. The predicted octanol–water partition coefficient (Wildman–Crippen LogP) is 4.16. The van der Waals surface area contributed by atoms with Crippen LogP contribution < -0.4 is 5.32 Å². The van der Waals surface area contributed by atoms with Crippen molar-refractivity contribution in [3.8, 4) is 0 Å². The lowest BCUT2D eigenvalue weighted by Gasteiger charge is -2.23. The van der Waals surface area contributed by atoms with Crippen LogP contribution in [0.2, 0.25) is 0 Å². The van der Waals surface area contributed by atoms with Crippen molar-refractivity contribution in [2.24, 2.45) is 0 Å². The Bertz CT molecular complexity index is 654. The zero-order valence-electron chi connectivity index (χ0n) is 13.8. The molecule has 1 fully saturated rings. The van der Waals surface area contributed by atoms with Gasteiger partial charge in [-0.2, -0.15) is 0 Å². The quantitative estimate of drug-likeness (QED) is 0.809. The van der Waals surface area contributed by atoms with Crippen LogP contribution in [0, 0.1) is 0 Å². The van der Waals surface area contributed by atoms with Crippen LogP contribution >= 0.6 is 23.1 Å². The molecule has 1 amide bonds. The molecule has 7 heteroatoms. The molecule has 1 aromatic heterocycles. The molecule has 1 N–H and O–H groups in total. The number of carbonyl (C=O) groups excluding carboxylic acids is 1. The van der Waals surface area contributed by atoms with E-state index in [1.807, 2.05) is 42.2 Å². The normalized spacial score (nSPS) is 16.5. The summed E-state index contributed by atoms with van der Waals surface area (Å²) in [5.41, 5.74) is 0.985. The number of carbonyl (C=O) groups is 1. The Labute approximate surface area is 150 Å². The maximum Gasteiger partial charge on any atom is 0.235 e. The molecule has 0 spiro atoms. The summed E-state index contributed by atoms with van der Waals surface area (Å²) < 4.78 is 0.823. The minimum Gasteiger partial charge on any atom is -0.342 e. The highest BCUT2D eigenvalue weighted by Crippen LogP contribution is 2.31. The van der Waals surface area contributed by atoms with Gasteiger partial charge in [-0.15, -0.1) is 10.2 Å². The summed E-state index contributed by atoms with van der Waals surface area (Å²) in [5, 5.41) is 12.2. The summed E-state index contributed by atoms with van der Waals surface area (Å²) in [6.07, 6.45) is 4.70. The van der Waals surface area contributed by atoms with Gasteiger partial charge in [0.15, 0.2) is 4.34 Å². The first kappa shape index (κ1) is 17.2. The highest BCUT2D eigenvalue weighted by atomic mass is 32.2. The zero-order valence-corrected chi connectivity index (χ0v) is 15.4. The lowest BCUT2D eigenvalue weighted by atomic mass is 10.2. The van der Waals surface area contributed by atoms with Crippen molar-refractivity contribution in [3.63, 3.8) is 0 Å². The Balaban J connectivity index is 1.56. The van der Waals surface area contributed by atoms with Crippen LogP contribution in [0.3, 0.4) is 0 Å². The number of thioether (sulfide) groups is 1. The van der Waals surface area contributed by atoms with E-state index in [0.717, 1.165) is 41.1 Å². The summed E-state index contributed by atoms with van der Waals surface area (Å²) in [5.74, 6) is 0.217. The number of amides is 1. The van der Waals surface area contributed by atoms with Crippen molar-refractivity contribution in [2.45, 2.75) is 42.2 Å². The summed E-state index contributed by atoms with van der Waals surface area (Å²) >= 11 is 2.98. The molecule has 3 rings (SSSR count). The van der Waals surface area contributed by atoms with Crippen molar-refractivity contribution >= 4 is 39.8 Å². The number of aromatic nitrogens is 2. The number of nitrogens with one attached hydrogen (secondary N) is 1. The second kappa shape index (κ2) is 8.48. The van der Waals surface area contributed by atoms with Gasteiger partial charge in [0.05, 0.1) is 5.25 Å². The Morgan fingerprint density at radius 2 is 1.88 bits per heavy atom. The number of hydrogen-bond acceptors (Lipinski definition) is 6. The second-order valence-electron chi connectivity index (χ2n) is 5.86. The molecular formula is C17H22N4OS2. The molecule has 0 radical (unpaired) electrons. The summed E-state index contributed by atoms with van der Waals surface area (Å²) in [7, 11) is 0. The van der Waals surface area contributed by atoms with Crippen molar-refractivity contribution < 1.29 is 4.79 Å². The molecule has 0 bridgehead atoms. The van der Waals surface area contributed by atoms with Crippen LogP contribution in [-0.4, -0.2) is 39.3 Å². The van der Waals surface area contributed by atoms with Crippen molar-refractivity contribution in [3.05, 3.63) is 30.3 Å². The number of rotatable bonds is 5. The number of hydrogen-bond donors (Lipinski definition) is 1. The first-order chi connectivity index (χ1) is 11.7. The standard InChI is InChI=1S/C17H22N4OS2/c1-13(15(22)21-11-7-2-3-8-12-21)23-17-20-19-16(24-17)18-14-9-5-4-6-10-14/h4-6,9-10,13H,2-3,7-8,11-12H2,1H3,(H,18,19)/t13-/m1/s1. The first-order valence-corrected chi connectivity index (χ1v) is 10.0. The molecule has 1 atom stereocenters. The molecule has 2 heterocycles. The maximum absolute atomic E-state index is 12.6. The fourth-order valence-electron chi connectivity index (χ4n) is 2.70. The topological polar surface area (TPSA) is 58.1 Å². The van der Waals surface area contributed by atoms with Gasteiger partial charge < -0.3 is 10.2 Å². The van der Waals surface area contributed by atoms with Gasteiger partial charge in [-0.3, -0.25) is 4.79 Å². The molecule has 0 aliphatic carbocycles. The maximum atomic E-state index is 12.6. The van der Waals surface area contributed by atoms with E-state index in [2.05, 4.69) is 15.5 Å². The van der Waals surface area contributed by atoms with E-state index in [1.54, 1.807) is 0 Å². The van der Waals surface area contributed by atoms with Gasteiger partial charge in [0, 0.05) is 18.8 Å². The molecule has 1 saturated heterocycles. The van der Waals surface area contributed by atoms with Crippen LogP contribution in [-0.2, 0) is 4.79 Å². The number of benzene rings is 1. The smallest absolute Gasteiger partial charge is 0.235 e. The predicted molar refractivity (Wildman–Crippen MR) is 100 cm³/mol. The fraction of sp³-hybridized carbons (Fsp3) is 0.471. The third-order valence-corrected chi connectivity index (χ3v) is 5.99. The Hall–Kier alpha value is -1.60. The van der Waals surface area contributed by atoms with Crippen LogP contribution in [0.1, 0.15) is 32.6 Å². The van der Waals surface area contributed by atoms with Gasteiger partial charge >= 0.3 is 0 Å². The van der Waals surface area contributed by atoms with Gasteiger partial charge in [-0.05, 0) is 31.9 Å². The average Bonchev–Trinajstić information content (AvgIpc) is 2.86. The molecular weight excluding hydrogens is 340 g/mol. The van der Waals surface area contributed by atoms with E-state index in [0.29, 0.717) is 0 Å². The van der Waals surface area contributed by atoms with Crippen molar-refractivity contribution in [1.29, 1.82) is 0 Å². The Morgan fingerprint density at radius 1 is 1.17 bits per heavy atom. The van der Waals surface area contributed by atoms with Gasteiger partial charge in [0.1, 0.15) is 0 Å². The Morgan fingerprint density at radius 3 is 2.58 bits per heavy atom. The van der Waals surface area contributed by atoms with Crippen molar-refractivity contribution in [2.75, 3.05) is 18.4 Å². The number of anilines is 2. The van der Waals surface area contributed by atoms with E-state index in [9.17, 15) is 4.79 Å². The highest BCUT2D eigenvalue weighted by Gasteiger charge is 2.23. The summed E-state index contributed by atoms with van der Waals surface area (Å²) in [4.78, 5) is 14.6. The number of para-hydroxylation sites is 1. The van der Waals surface area contributed by atoms with E-state index in [4.69, 9.17) is 0 Å². The van der Waals surface area contributed by atoms with E-state index in [1.165, 1.54) is 35.9 Å². The van der Waals surface area contributed by atoms with Crippen LogP contribution in [0.4, 0.5) is 10.8 Å². The van der Waals surface area contributed by atoms with Crippen LogP contribution in [0.25, 0.3) is 0 Å².